The number of carbonyl (C=O) groups is 2. The quantitative estimate of drug-likeness (QED) is 0.928. The molecule has 1 unspecified atom stereocenters. The summed E-state index contributed by atoms with van der Waals surface area (Å²) in [4.78, 5) is 30.9. The molecular weight excluding hydrogens is 328 g/mol. The van der Waals surface area contributed by atoms with Gasteiger partial charge in [-0.3, -0.25) is 9.59 Å². The molecule has 0 bridgehead atoms. The molecule has 126 valence electrons. The second kappa shape index (κ2) is 7.05. The van der Waals surface area contributed by atoms with Crippen LogP contribution in [0.4, 0.5) is 5.82 Å². The Labute approximate surface area is 145 Å². The third kappa shape index (κ3) is 3.59. The predicted octanol–water partition coefficient (Wildman–Crippen LogP) is 2.56. The van der Waals surface area contributed by atoms with Crippen LogP contribution in [-0.2, 0) is 11.8 Å². The van der Waals surface area contributed by atoms with Gasteiger partial charge in [-0.1, -0.05) is 11.6 Å². The van der Waals surface area contributed by atoms with E-state index < -0.39 is 0 Å². The van der Waals surface area contributed by atoms with Crippen LogP contribution < -0.4 is 5.32 Å². The molecule has 7 heteroatoms. The molecule has 0 radical (unpaired) electrons. The molecule has 1 aliphatic heterocycles. The first kappa shape index (κ1) is 16.5. The van der Waals surface area contributed by atoms with Gasteiger partial charge < -0.3 is 14.8 Å². The van der Waals surface area contributed by atoms with E-state index in [1.165, 1.54) is 6.20 Å². The van der Waals surface area contributed by atoms with E-state index in [1.54, 1.807) is 27.7 Å². The van der Waals surface area contributed by atoms with Crippen molar-refractivity contribution >= 4 is 29.2 Å². The third-order valence-corrected chi connectivity index (χ3v) is 4.44. The Bertz CT molecular complexity index is 741. The average molecular weight is 347 g/mol. The third-order valence-electron chi connectivity index (χ3n) is 4.22. The van der Waals surface area contributed by atoms with Gasteiger partial charge in [0.15, 0.2) is 0 Å². The van der Waals surface area contributed by atoms with E-state index in [1.807, 2.05) is 19.3 Å². The normalized spacial score (nSPS) is 17.6. The average Bonchev–Trinajstić information content (AvgIpc) is 3.02. The maximum atomic E-state index is 12.6. The summed E-state index contributed by atoms with van der Waals surface area (Å²) in [5, 5.41) is 3.31. The maximum absolute atomic E-state index is 12.6. The smallest absolute Gasteiger partial charge is 0.270 e. The van der Waals surface area contributed by atoms with Crippen LogP contribution in [0.5, 0.6) is 0 Å². The highest BCUT2D eigenvalue weighted by molar-refractivity contribution is 6.30. The number of carbonyl (C=O) groups excluding carboxylic acids is 2. The van der Waals surface area contributed by atoms with Crippen LogP contribution in [0.15, 0.2) is 36.7 Å². The molecule has 0 spiro atoms. The fourth-order valence-corrected chi connectivity index (χ4v) is 3.01. The van der Waals surface area contributed by atoms with Crippen molar-refractivity contribution in [2.75, 3.05) is 18.4 Å². The molecule has 0 aromatic carbocycles. The lowest BCUT2D eigenvalue weighted by atomic mass is 9.97. The van der Waals surface area contributed by atoms with Crippen LogP contribution in [0.3, 0.4) is 0 Å². The molecular formula is C17H19ClN4O2. The second-order valence-corrected chi connectivity index (χ2v) is 6.38. The molecule has 2 aromatic rings. The molecule has 2 amide bonds. The number of likely N-dealkylation sites (tertiary alicyclic amines) is 1. The minimum absolute atomic E-state index is 0.0374. The maximum Gasteiger partial charge on any atom is 0.270 e. The van der Waals surface area contributed by atoms with E-state index in [2.05, 4.69) is 10.3 Å². The van der Waals surface area contributed by atoms with Gasteiger partial charge in [-0.15, -0.1) is 0 Å². The Balaban J connectivity index is 1.64. The van der Waals surface area contributed by atoms with Crippen molar-refractivity contribution in [1.82, 2.24) is 14.5 Å². The number of piperidine rings is 1. The van der Waals surface area contributed by atoms with E-state index in [0.717, 1.165) is 12.8 Å². The van der Waals surface area contributed by atoms with Gasteiger partial charge in [-0.05, 0) is 37.1 Å². The molecule has 2 aromatic heterocycles. The highest BCUT2D eigenvalue weighted by Crippen LogP contribution is 2.20. The summed E-state index contributed by atoms with van der Waals surface area (Å²) >= 11 is 5.79. The van der Waals surface area contributed by atoms with Gasteiger partial charge in [0.05, 0.1) is 10.9 Å². The van der Waals surface area contributed by atoms with Crippen molar-refractivity contribution < 1.29 is 9.59 Å². The molecule has 1 saturated heterocycles. The number of pyridine rings is 1. The molecule has 0 saturated carbocycles. The molecule has 3 rings (SSSR count). The Morgan fingerprint density at radius 2 is 2.17 bits per heavy atom. The van der Waals surface area contributed by atoms with Gasteiger partial charge in [0.2, 0.25) is 5.91 Å². The summed E-state index contributed by atoms with van der Waals surface area (Å²) in [7, 11) is 1.84. The summed E-state index contributed by atoms with van der Waals surface area (Å²) in [6.07, 6.45) is 4.90. The summed E-state index contributed by atoms with van der Waals surface area (Å²) in [5.41, 5.74) is 0.635. The van der Waals surface area contributed by atoms with E-state index in [9.17, 15) is 9.59 Å². The van der Waals surface area contributed by atoms with E-state index in [0.29, 0.717) is 29.6 Å². The van der Waals surface area contributed by atoms with Crippen molar-refractivity contribution in [2.24, 2.45) is 13.0 Å². The number of nitrogens with one attached hydrogen (secondary N) is 1. The summed E-state index contributed by atoms with van der Waals surface area (Å²) in [6.45, 7) is 1.09. The van der Waals surface area contributed by atoms with Crippen LogP contribution in [0.25, 0.3) is 0 Å². The first-order valence-corrected chi connectivity index (χ1v) is 8.25. The van der Waals surface area contributed by atoms with Gasteiger partial charge >= 0.3 is 0 Å². The number of amides is 2. The number of nitrogens with zero attached hydrogens (tertiary/aromatic N) is 3. The molecule has 1 aliphatic rings. The molecule has 1 N–H and O–H groups in total. The monoisotopic (exact) mass is 346 g/mol. The molecule has 1 fully saturated rings. The zero-order valence-corrected chi connectivity index (χ0v) is 14.2. The fraction of sp³-hybridized carbons (Fsp3) is 0.353. The van der Waals surface area contributed by atoms with Gasteiger partial charge in [-0.2, -0.15) is 0 Å². The van der Waals surface area contributed by atoms with Crippen LogP contribution in [-0.4, -0.2) is 39.4 Å². The summed E-state index contributed by atoms with van der Waals surface area (Å²) in [6, 6.07) is 6.98. The number of aromatic nitrogens is 2. The number of hydrogen-bond donors (Lipinski definition) is 1. The Hall–Kier alpha value is -2.34. The predicted molar refractivity (Wildman–Crippen MR) is 91.9 cm³/mol. The van der Waals surface area contributed by atoms with Crippen molar-refractivity contribution in [3.05, 3.63) is 47.4 Å². The zero-order valence-electron chi connectivity index (χ0n) is 13.4. The Morgan fingerprint density at radius 3 is 2.83 bits per heavy atom. The first-order valence-electron chi connectivity index (χ1n) is 7.87. The summed E-state index contributed by atoms with van der Waals surface area (Å²) in [5.74, 6) is 0.0783. The largest absolute Gasteiger partial charge is 0.347 e. The van der Waals surface area contributed by atoms with E-state index in [4.69, 9.17) is 11.6 Å². The van der Waals surface area contributed by atoms with E-state index in [-0.39, 0.29) is 17.7 Å². The number of hydrogen-bond acceptors (Lipinski definition) is 3. The fourth-order valence-electron chi connectivity index (χ4n) is 2.90. The van der Waals surface area contributed by atoms with E-state index >= 15 is 0 Å². The van der Waals surface area contributed by atoms with Crippen molar-refractivity contribution in [1.29, 1.82) is 0 Å². The standard InChI is InChI=1S/C17H19ClN4O2/c1-21-8-3-5-14(21)17(24)22-9-2-4-12(11-22)16(23)20-15-7-6-13(18)10-19-15/h3,5-8,10,12H,2,4,9,11H2,1H3,(H,19,20,23). The molecule has 24 heavy (non-hydrogen) atoms. The molecule has 6 nitrogen and oxygen atoms in total. The molecule has 3 heterocycles. The number of rotatable bonds is 3. The second-order valence-electron chi connectivity index (χ2n) is 5.95. The van der Waals surface area contributed by atoms with Gasteiger partial charge in [-0.25, -0.2) is 4.98 Å². The Kier molecular flexibility index (Phi) is 4.85. The highest BCUT2D eigenvalue weighted by Gasteiger charge is 2.29. The lowest BCUT2D eigenvalue weighted by Gasteiger charge is -2.32. The van der Waals surface area contributed by atoms with Crippen LogP contribution in [0.2, 0.25) is 5.02 Å². The Morgan fingerprint density at radius 1 is 1.33 bits per heavy atom. The minimum atomic E-state index is -0.236. The van der Waals surface area contributed by atoms with Gasteiger partial charge in [0.1, 0.15) is 11.5 Å². The van der Waals surface area contributed by atoms with Gasteiger partial charge in [0.25, 0.3) is 5.91 Å². The molecule has 0 aliphatic carbocycles. The SMILES string of the molecule is Cn1cccc1C(=O)N1CCCC(C(=O)Nc2ccc(Cl)cn2)C1. The number of halogens is 1. The summed E-state index contributed by atoms with van der Waals surface area (Å²) < 4.78 is 1.80. The van der Waals surface area contributed by atoms with Gasteiger partial charge in [0, 0.05) is 32.5 Å². The number of aryl methyl sites for hydroxylation is 1. The highest BCUT2D eigenvalue weighted by atomic mass is 35.5. The van der Waals surface area contributed by atoms with Crippen molar-refractivity contribution in [2.45, 2.75) is 12.8 Å². The van der Waals surface area contributed by atoms with Crippen LogP contribution in [0.1, 0.15) is 23.3 Å². The lowest BCUT2D eigenvalue weighted by molar-refractivity contribution is -0.121. The zero-order chi connectivity index (χ0) is 17.1. The minimum Gasteiger partial charge on any atom is -0.347 e. The molecule has 1 atom stereocenters. The van der Waals surface area contributed by atoms with Crippen molar-refractivity contribution in [3.63, 3.8) is 0 Å². The topological polar surface area (TPSA) is 67.2 Å². The first-order chi connectivity index (χ1) is 11.5. The lowest BCUT2D eigenvalue weighted by Crippen LogP contribution is -2.44. The van der Waals surface area contributed by atoms with Crippen LogP contribution >= 0.6 is 11.6 Å². The van der Waals surface area contributed by atoms with Crippen LogP contribution in [0, 0.1) is 5.92 Å². The number of anilines is 1. The van der Waals surface area contributed by atoms with Crippen molar-refractivity contribution in [3.8, 4) is 0 Å².